The van der Waals surface area contributed by atoms with E-state index in [-0.39, 0.29) is 17.7 Å². The molecule has 0 saturated heterocycles. The maximum atomic E-state index is 13.6. The summed E-state index contributed by atoms with van der Waals surface area (Å²) >= 11 is 13.3. The number of hydrogen-bond donors (Lipinski definition) is 0. The second-order valence-electron chi connectivity index (χ2n) is 7.76. The molecule has 0 aliphatic carbocycles. The van der Waals surface area contributed by atoms with Crippen molar-refractivity contribution < 1.29 is 19.1 Å². The van der Waals surface area contributed by atoms with Crippen LogP contribution in [0.1, 0.15) is 34.5 Å². The first-order valence-corrected chi connectivity index (χ1v) is 12.3. The number of fused-ring (bicyclic) bond motifs is 1. The molecule has 0 radical (unpaired) electrons. The molecule has 1 aliphatic rings. The summed E-state index contributed by atoms with van der Waals surface area (Å²) in [5.74, 6) is -1.11. The van der Waals surface area contributed by atoms with Gasteiger partial charge in [0.1, 0.15) is 6.61 Å². The minimum atomic E-state index is -0.818. The van der Waals surface area contributed by atoms with Gasteiger partial charge in [0.25, 0.3) is 5.56 Å². The van der Waals surface area contributed by atoms with Crippen molar-refractivity contribution in [2.45, 2.75) is 13.0 Å². The molecule has 1 unspecified atom stereocenters. The van der Waals surface area contributed by atoms with E-state index in [9.17, 15) is 14.4 Å². The molecule has 2 aromatic carbocycles. The van der Waals surface area contributed by atoms with Crippen molar-refractivity contribution in [3.63, 3.8) is 0 Å². The Morgan fingerprint density at radius 1 is 1.14 bits per heavy atom. The van der Waals surface area contributed by atoms with Crippen molar-refractivity contribution >= 4 is 52.6 Å². The third-order valence-electron chi connectivity index (χ3n) is 5.46. The van der Waals surface area contributed by atoms with Crippen molar-refractivity contribution in [1.82, 2.24) is 4.57 Å². The number of hydrogen-bond acceptors (Lipinski definition) is 7. The van der Waals surface area contributed by atoms with Gasteiger partial charge in [-0.1, -0.05) is 65.4 Å². The van der Waals surface area contributed by atoms with Crippen molar-refractivity contribution in [3.05, 3.63) is 113 Å². The van der Waals surface area contributed by atoms with E-state index >= 15 is 0 Å². The predicted molar refractivity (Wildman–Crippen MR) is 139 cm³/mol. The highest BCUT2D eigenvalue weighted by Crippen LogP contribution is 2.31. The fraction of sp³-hybridized carbons (Fsp3) is 0.154. The molecule has 0 saturated carbocycles. The van der Waals surface area contributed by atoms with Crippen LogP contribution in [0.5, 0.6) is 0 Å². The smallest absolute Gasteiger partial charge is 0.338 e. The van der Waals surface area contributed by atoms with Gasteiger partial charge in [0.2, 0.25) is 0 Å². The first-order valence-electron chi connectivity index (χ1n) is 10.7. The Morgan fingerprint density at radius 2 is 1.86 bits per heavy atom. The third kappa shape index (κ3) is 4.93. The highest BCUT2D eigenvalue weighted by Gasteiger charge is 2.33. The van der Waals surface area contributed by atoms with Crippen molar-refractivity contribution in [2.75, 3.05) is 13.7 Å². The van der Waals surface area contributed by atoms with Gasteiger partial charge in [0.15, 0.2) is 4.80 Å². The van der Waals surface area contributed by atoms with Gasteiger partial charge in [-0.05, 0) is 48.4 Å². The highest BCUT2D eigenvalue weighted by molar-refractivity contribution is 7.07. The van der Waals surface area contributed by atoms with Gasteiger partial charge in [-0.25, -0.2) is 14.6 Å². The normalized spacial score (nSPS) is 15.2. The lowest BCUT2D eigenvalue weighted by molar-refractivity contribution is -0.138. The Bertz CT molecular complexity index is 1590. The number of ether oxygens (including phenoxy) is 2. The molecule has 10 heteroatoms. The maximum absolute atomic E-state index is 13.6. The molecule has 36 heavy (non-hydrogen) atoms. The molecular formula is C26H20Cl2N2O5S. The summed E-state index contributed by atoms with van der Waals surface area (Å²) in [5.41, 5.74) is 1.93. The van der Waals surface area contributed by atoms with E-state index in [1.807, 2.05) is 0 Å². The molecule has 1 atom stereocenters. The van der Waals surface area contributed by atoms with Gasteiger partial charge in [0, 0.05) is 0 Å². The fourth-order valence-corrected chi connectivity index (χ4v) is 5.14. The maximum Gasteiger partial charge on any atom is 0.338 e. The lowest BCUT2D eigenvalue weighted by atomic mass is 9.95. The molecule has 4 rings (SSSR count). The van der Waals surface area contributed by atoms with Gasteiger partial charge in [0.05, 0.1) is 44.6 Å². The summed E-state index contributed by atoms with van der Waals surface area (Å²) in [6.07, 6.45) is 3.15. The largest absolute Gasteiger partial charge is 0.465 e. The number of nitrogens with zero attached hydrogens (tertiary/aromatic N) is 2. The topological polar surface area (TPSA) is 87.0 Å². The van der Waals surface area contributed by atoms with Crippen molar-refractivity contribution in [3.8, 4) is 0 Å². The molecular weight excluding hydrogens is 523 g/mol. The average molecular weight is 543 g/mol. The summed E-state index contributed by atoms with van der Waals surface area (Å²) in [6.45, 7) is 5.27. The summed E-state index contributed by atoms with van der Waals surface area (Å²) in [7, 11) is 1.29. The molecule has 7 nitrogen and oxygen atoms in total. The van der Waals surface area contributed by atoms with Gasteiger partial charge in [-0.3, -0.25) is 9.36 Å². The summed E-state index contributed by atoms with van der Waals surface area (Å²) in [6, 6.07) is 10.7. The number of rotatable bonds is 6. The van der Waals surface area contributed by atoms with E-state index in [4.69, 9.17) is 32.7 Å². The number of benzene rings is 2. The molecule has 0 spiro atoms. The Morgan fingerprint density at radius 3 is 2.50 bits per heavy atom. The average Bonchev–Trinajstić information content (AvgIpc) is 3.17. The number of methoxy groups -OCH3 is 1. The van der Waals surface area contributed by atoms with E-state index in [1.165, 1.54) is 29.1 Å². The quantitative estimate of drug-likeness (QED) is 0.346. The van der Waals surface area contributed by atoms with Crippen molar-refractivity contribution in [1.29, 1.82) is 0 Å². The number of carbonyl (C=O) groups excluding carboxylic acids is 2. The first kappa shape index (κ1) is 25.6. The summed E-state index contributed by atoms with van der Waals surface area (Å²) in [5, 5.41) is 0.772. The van der Waals surface area contributed by atoms with Gasteiger partial charge in [-0.15, -0.1) is 0 Å². The zero-order valence-electron chi connectivity index (χ0n) is 19.3. The SMILES string of the molecule is C=CCOC(=O)C1=C(C)N=c2sc(=Cc3ccc(Cl)c(Cl)c3)c(=O)n2C1c1ccc(C(=O)OC)cc1. The van der Waals surface area contributed by atoms with E-state index in [0.717, 1.165) is 0 Å². The van der Waals surface area contributed by atoms with Crippen LogP contribution in [0.25, 0.3) is 6.08 Å². The number of aromatic nitrogens is 1. The number of allylic oxidation sites excluding steroid dienone is 1. The van der Waals surface area contributed by atoms with E-state index in [0.29, 0.717) is 41.8 Å². The molecule has 0 bridgehead atoms. The number of esters is 2. The Hall–Kier alpha value is -3.46. The molecule has 0 N–H and O–H groups in total. The van der Waals surface area contributed by atoms with Gasteiger partial charge in [-0.2, -0.15) is 0 Å². The van der Waals surface area contributed by atoms with Crippen LogP contribution >= 0.6 is 34.5 Å². The molecule has 2 heterocycles. The third-order valence-corrected chi connectivity index (χ3v) is 7.18. The van der Waals surface area contributed by atoms with Gasteiger partial charge >= 0.3 is 11.9 Å². The lowest BCUT2D eigenvalue weighted by Crippen LogP contribution is -2.40. The first-order chi connectivity index (χ1) is 17.2. The van der Waals surface area contributed by atoms with Crippen LogP contribution in [0.2, 0.25) is 10.0 Å². The monoisotopic (exact) mass is 542 g/mol. The van der Waals surface area contributed by atoms with Gasteiger partial charge < -0.3 is 9.47 Å². The fourth-order valence-electron chi connectivity index (χ4n) is 3.78. The second-order valence-corrected chi connectivity index (χ2v) is 9.58. The Labute approximate surface area is 220 Å². The summed E-state index contributed by atoms with van der Waals surface area (Å²) in [4.78, 5) is 43.5. The van der Waals surface area contributed by atoms with Crippen LogP contribution in [-0.4, -0.2) is 30.2 Å². The van der Waals surface area contributed by atoms with Crippen LogP contribution in [-0.2, 0) is 14.3 Å². The number of carbonyl (C=O) groups is 2. The van der Waals surface area contributed by atoms with E-state index in [1.54, 1.807) is 55.5 Å². The standard InChI is InChI=1S/C26H20Cl2N2O5S/c1-4-11-35-25(33)21-14(2)29-26-30(22(21)16-6-8-17(9-7-16)24(32)34-3)23(31)20(36-26)13-15-5-10-18(27)19(28)12-15/h4-10,12-13,22H,1,11H2,2-3H3. The molecule has 0 amide bonds. The zero-order valence-corrected chi connectivity index (χ0v) is 21.6. The Kier molecular flexibility index (Phi) is 7.59. The van der Waals surface area contributed by atoms with Crippen molar-refractivity contribution in [2.24, 2.45) is 4.99 Å². The predicted octanol–water partition coefficient (Wildman–Crippen LogP) is 4.06. The zero-order chi connectivity index (χ0) is 26.0. The molecule has 1 aromatic heterocycles. The van der Waals surface area contributed by atoms with E-state index < -0.39 is 18.0 Å². The minimum absolute atomic E-state index is 0.00532. The Balaban J connectivity index is 1.91. The minimum Gasteiger partial charge on any atom is -0.465 e. The molecule has 1 aliphatic heterocycles. The van der Waals surface area contributed by atoms with Crippen LogP contribution in [0, 0.1) is 0 Å². The van der Waals surface area contributed by atoms with Crippen LogP contribution in [0.4, 0.5) is 0 Å². The van der Waals surface area contributed by atoms with E-state index in [2.05, 4.69) is 11.6 Å². The number of thiazole rings is 1. The summed E-state index contributed by atoms with van der Waals surface area (Å²) < 4.78 is 11.9. The number of halogens is 2. The molecule has 184 valence electrons. The molecule has 3 aromatic rings. The van der Waals surface area contributed by atoms with Crippen LogP contribution < -0.4 is 14.9 Å². The highest BCUT2D eigenvalue weighted by atomic mass is 35.5. The molecule has 0 fully saturated rings. The van der Waals surface area contributed by atoms with Crippen LogP contribution in [0.3, 0.4) is 0 Å². The second kappa shape index (κ2) is 10.7. The van der Waals surface area contributed by atoms with Crippen LogP contribution in [0.15, 0.2) is 76.2 Å². The lowest BCUT2D eigenvalue weighted by Gasteiger charge is -2.24.